The smallest absolute Gasteiger partial charge is 0.256 e. The predicted octanol–water partition coefficient (Wildman–Crippen LogP) is 18.2. The van der Waals surface area contributed by atoms with E-state index < -0.39 is 0 Å². The largest absolute Gasteiger partial charge is 0.458 e. The summed E-state index contributed by atoms with van der Waals surface area (Å²) in [5.41, 5.74) is 46.6. The average molecular weight is 1300 g/mol. The van der Waals surface area contributed by atoms with Crippen LogP contribution in [0.1, 0.15) is 77.9 Å². The highest BCUT2D eigenvalue weighted by Gasteiger charge is 2.55. The zero-order chi connectivity index (χ0) is 69.0. The Kier molecular flexibility index (Phi) is 13.4. The highest BCUT2D eigenvalue weighted by atomic mass is 16.5. The van der Waals surface area contributed by atoms with Crippen LogP contribution in [0.5, 0.6) is 23.0 Å². The van der Waals surface area contributed by atoms with Crippen LogP contribution in [0.15, 0.2) is 212 Å². The molecule has 486 valence electrons. The summed E-state index contributed by atoms with van der Waals surface area (Å²) in [6.45, 7) is 30.8. The molecule has 0 N–H and O–H groups in total. The van der Waals surface area contributed by atoms with Gasteiger partial charge in [0.2, 0.25) is 0 Å². The van der Waals surface area contributed by atoms with E-state index >= 15 is 0 Å². The van der Waals surface area contributed by atoms with Crippen molar-refractivity contribution in [2.24, 2.45) is 0 Å². The molecule has 0 bridgehead atoms. The molecule has 6 heterocycles. The normalized spacial score (nSPS) is 13.3. The standard InChI is InChI=1S/C92H77B3N4O2/c1-50-25-29-72-84(33-50)100-86-47-68(96(76-39-56(7)52(3)35-60(76)11)77-40-57(8)53(4)36-61(77)12)45-82-88(86)94(72)74-49-75-92-90-91(74)98(82)80-43-66(64-21-17-15-18-22-64)27-31-70(80)93(90)71-32-28-67(65-23-19-16-20-24-65)44-81(71)99(92)83-46-69(48-87-89(83)95(75)73-30-26-51(2)34-85(73)101-87)97(78-41-58(9)54(5)37-62(78)13)79-42-59(10)55(6)38-63(79)14/h15-49H,1-14H3. The van der Waals surface area contributed by atoms with Crippen molar-refractivity contribution in [1.29, 1.82) is 0 Å². The van der Waals surface area contributed by atoms with Crippen molar-refractivity contribution in [3.63, 3.8) is 0 Å². The molecule has 13 aromatic rings. The Morgan fingerprint density at radius 3 is 0.950 bits per heavy atom. The predicted molar refractivity (Wildman–Crippen MR) is 429 cm³/mol. The Morgan fingerprint density at radius 2 is 0.584 bits per heavy atom. The molecule has 0 fully saturated rings. The second-order valence-corrected chi connectivity index (χ2v) is 30.0. The van der Waals surface area contributed by atoms with Crippen LogP contribution in [0.4, 0.5) is 68.2 Å². The van der Waals surface area contributed by atoms with Crippen molar-refractivity contribution in [2.45, 2.75) is 96.9 Å². The van der Waals surface area contributed by atoms with Gasteiger partial charge in [-0.15, -0.1) is 0 Å². The molecule has 0 unspecified atom stereocenters. The quantitative estimate of drug-likeness (QED) is 0.141. The van der Waals surface area contributed by atoms with Crippen molar-refractivity contribution >= 4 is 138 Å². The summed E-state index contributed by atoms with van der Waals surface area (Å²) in [4.78, 5) is 10.5. The van der Waals surface area contributed by atoms with Gasteiger partial charge in [-0.05, 0) is 307 Å². The van der Waals surface area contributed by atoms with Crippen LogP contribution in [0.2, 0.25) is 0 Å². The van der Waals surface area contributed by atoms with E-state index in [0.29, 0.717) is 0 Å². The van der Waals surface area contributed by atoms with Gasteiger partial charge >= 0.3 is 0 Å². The summed E-state index contributed by atoms with van der Waals surface area (Å²) >= 11 is 0. The first kappa shape index (κ1) is 61.0. The van der Waals surface area contributed by atoms with E-state index in [4.69, 9.17) is 9.47 Å². The van der Waals surface area contributed by atoms with Crippen LogP contribution in [0, 0.1) is 96.9 Å². The number of ether oxygens (including phenoxy) is 2. The zero-order valence-corrected chi connectivity index (χ0v) is 60.0. The number of hydrogen-bond acceptors (Lipinski definition) is 6. The Hall–Kier alpha value is -11.1. The fraction of sp³-hybridized carbons (Fsp3) is 0.152. The molecule has 0 atom stereocenters. The van der Waals surface area contributed by atoms with E-state index in [1.807, 2.05) is 0 Å². The van der Waals surface area contributed by atoms with Gasteiger partial charge < -0.3 is 29.1 Å². The summed E-state index contributed by atoms with van der Waals surface area (Å²) in [5.74, 6) is 3.51. The Bertz CT molecular complexity index is 5370. The average Bonchev–Trinajstić information content (AvgIpc) is 0.660. The van der Waals surface area contributed by atoms with E-state index in [1.54, 1.807) is 0 Å². The molecule has 0 spiro atoms. The summed E-state index contributed by atoms with van der Waals surface area (Å²) in [5, 5.41) is 0. The van der Waals surface area contributed by atoms with Gasteiger partial charge in [0.1, 0.15) is 23.0 Å². The minimum absolute atomic E-state index is 0.186. The maximum Gasteiger partial charge on any atom is 0.256 e. The number of fused-ring (bicyclic) bond motifs is 14. The Balaban J connectivity index is 0.969. The number of hydrogen-bond donors (Lipinski definition) is 0. The van der Waals surface area contributed by atoms with Gasteiger partial charge in [0.05, 0.1) is 11.4 Å². The summed E-state index contributed by atoms with van der Waals surface area (Å²) in [7, 11) is 0. The van der Waals surface area contributed by atoms with Gasteiger partial charge in [-0.25, -0.2) is 0 Å². The third-order valence-corrected chi connectivity index (χ3v) is 23.5. The van der Waals surface area contributed by atoms with Gasteiger partial charge in [0, 0.05) is 69.0 Å². The molecule has 101 heavy (non-hydrogen) atoms. The number of rotatable bonds is 8. The van der Waals surface area contributed by atoms with Crippen LogP contribution in [0.25, 0.3) is 22.3 Å². The lowest BCUT2D eigenvalue weighted by Gasteiger charge is -2.52. The minimum Gasteiger partial charge on any atom is -0.458 e. The van der Waals surface area contributed by atoms with Gasteiger partial charge in [-0.2, -0.15) is 0 Å². The fourth-order valence-corrected chi connectivity index (χ4v) is 18.0. The summed E-state index contributed by atoms with van der Waals surface area (Å²) < 4.78 is 15.3. The molecule has 0 aliphatic carbocycles. The topological polar surface area (TPSA) is 31.4 Å². The lowest BCUT2D eigenvalue weighted by molar-refractivity contribution is 0.487. The molecular formula is C92H77B3N4O2. The molecule has 13 aromatic carbocycles. The van der Waals surface area contributed by atoms with Crippen molar-refractivity contribution < 1.29 is 9.47 Å². The number of nitrogens with zero attached hydrogens (tertiary/aromatic N) is 4. The van der Waals surface area contributed by atoms with Crippen LogP contribution in [-0.4, -0.2) is 20.1 Å². The van der Waals surface area contributed by atoms with E-state index in [2.05, 4.69) is 329 Å². The second kappa shape index (κ2) is 22.2. The molecule has 19 rings (SSSR count). The first-order valence-corrected chi connectivity index (χ1v) is 35.9. The summed E-state index contributed by atoms with van der Waals surface area (Å²) in [6, 6.07) is 82.0. The highest BCUT2D eigenvalue weighted by molar-refractivity contribution is 7.07. The van der Waals surface area contributed by atoms with Gasteiger partial charge in [0.25, 0.3) is 20.1 Å². The first-order chi connectivity index (χ1) is 48.8. The fourth-order valence-electron chi connectivity index (χ4n) is 18.0. The number of aryl methyl sites for hydroxylation is 14. The van der Waals surface area contributed by atoms with E-state index in [0.717, 1.165) is 102 Å². The molecule has 6 nitrogen and oxygen atoms in total. The van der Waals surface area contributed by atoms with Crippen LogP contribution in [0.3, 0.4) is 0 Å². The number of anilines is 12. The van der Waals surface area contributed by atoms with E-state index in [-0.39, 0.29) is 20.1 Å². The third kappa shape index (κ3) is 9.00. The maximum absolute atomic E-state index is 7.63. The van der Waals surface area contributed by atoms with Crippen LogP contribution < -0.4 is 78.2 Å². The minimum atomic E-state index is -0.210. The van der Waals surface area contributed by atoms with Gasteiger partial charge in [-0.1, -0.05) is 140 Å². The lowest BCUT2D eigenvalue weighted by Crippen LogP contribution is -2.72. The van der Waals surface area contributed by atoms with Crippen molar-refractivity contribution in [2.75, 3.05) is 19.6 Å². The van der Waals surface area contributed by atoms with Crippen molar-refractivity contribution in [3.8, 4) is 45.3 Å². The Morgan fingerprint density at radius 1 is 0.248 bits per heavy atom. The molecule has 6 aliphatic heterocycles. The van der Waals surface area contributed by atoms with E-state index in [9.17, 15) is 0 Å². The van der Waals surface area contributed by atoms with Crippen molar-refractivity contribution in [1.82, 2.24) is 0 Å². The van der Waals surface area contributed by atoms with Crippen LogP contribution >= 0.6 is 0 Å². The zero-order valence-electron chi connectivity index (χ0n) is 60.0. The van der Waals surface area contributed by atoms with Gasteiger partial charge in [-0.3, -0.25) is 0 Å². The monoisotopic (exact) mass is 1300 g/mol. The lowest BCUT2D eigenvalue weighted by atomic mass is 9.26. The van der Waals surface area contributed by atoms with E-state index in [1.165, 1.54) is 138 Å². The molecule has 0 radical (unpaired) electrons. The molecule has 0 saturated heterocycles. The molecule has 9 heteroatoms. The molecule has 0 saturated carbocycles. The highest BCUT2D eigenvalue weighted by Crippen LogP contribution is 2.54. The van der Waals surface area contributed by atoms with Crippen molar-refractivity contribution in [3.05, 3.63) is 290 Å². The molecule has 0 aromatic heterocycles. The summed E-state index contributed by atoms with van der Waals surface area (Å²) in [6.07, 6.45) is 0. The first-order valence-electron chi connectivity index (χ1n) is 35.9. The molecule has 6 aliphatic rings. The molecule has 0 amide bonds. The maximum atomic E-state index is 7.63. The van der Waals surface area contributed by atoms with Gasteiger partial charge in [0.15, 0.2) is 0 Å². The number of benzene rings is 13. The third-order valence-electron chi connectivity index (χ3n) is 23.5. The second-order valence-electron chi connectivity index (χ2n) is 30.0. The SMILES string of the molecule is Cc1ccc2c(c1)Oc1cc(N(c3cc(C)c(C)cc3C)c3cc(C)c(C)cc3C)cc3c1B2c1cc2c4c5c1N3c1cc(-c3ccccc3)ccc1B5c1ccc(-c3ccccc3)cc1N4c1cc(N(c3cc(C)c(C)cc3C)c3cc(C)c(C)cc3C)cc3c1B2c1ccc(C)cc1O3. The van der Waals surface area contributed by atoms with Crippen LogP contribution in [-0.2, 0) is 0 Å². The Labute approximate surface area is 595 Å². The molecular weight excluding hydrogens is 1230 g/mol.